The van der Waals surface area contributed by atoms with E-state index in [4.69, 9.17) is 16.5 Å². The van der Waals surface area contributed by atoms with Gasteiger partial charge in [-0.3, -0.25) is 0 Å². The lowest BCUT2D eigenvalue weighted by Crippen LogP contribution is -2.39. The van der Waals surface area contributed by atoms with Gasteiger partial charge < -0.3 is 4.74 Å². The Labute approximate surface area is 110 Å². The summed E-state index contributed by atoms with van der Waals surface area (Å²) in [5, 5.41) is 0. The van der Waals surface area contributed by atoms with Gasteiger partial charge in [-0.2, -0.15) is 0 Å². The fraction of sp³-hybridized carbons (Fsp3) is 0.769. The van der Waals surface area contributed by atoms with E-state index >= 15 is 0 Å². The number of carbonyl (C=O) groups excluding carboxylic acids is 1. The molecule has 0 saturated heterocycles. The standard InChI is InChI=1S/C13H24ClNO2/c1-7-8-9-11(10(2)3)15(14)12(16)17-13(4,5)6/h7-8,10-11H,9H2,1-6H3/b8-7-. The number of halogens is 1. The molecule has 0 aromatic carbocycles. The molecule has 0 N–H and O–H groups in total. The Morgan fingerprint density at radius 3 is 2.29 bits per heavy atom. The highest BCUT2D eigenvalue weighted by Crippen LogP contribution is 2.21. The molecular formula is C13H24ClNO2. The second-order valence-electron chi connectivity index (χ2n) is 5.41. The molecular weight excluding hydrogens is 238 g/mol. The summed E-state index contributed by atoms with van der Waals surface area (Å²) in [4.78, 5) is 11.8. The maximum atomic E-state index is 11.8. The monoisotopic (exact) mass is 261 g/mol. The van der Waals surface area contributed by atoms with Crippen LogP contribution in [0.15, 0.2) is 12.2 Å². The molecule has 1 amide bonds. The molecule has 0 aliphatic heterocycles. The fourth-order valence-electron chi connectivity index (χ4n) is 1.34. The molecule has 1 atom stereocenters. The van der Waals surface area contributed by atoms with Gasteiger partial charge in [0.25, 0.3) is 0 Å². The Morgan fingerprint density at radius 2 is 1.94 bits per heavy atom. The van der Waals surface area contributed by atoms with Crippen molar-refractivity contribution in [1.29, 1.82) is 0 Å². The molecule has 0 aromatic rings. The zero-order valence-corrected chi connectivity index (χ0v) is 12.4. The molecule has 0 rings (SSSR count). The molecule has 0 aliphatic carbocycles. The molecule has 4 heteroatoms. The van der Waals surface area contributed by atoms with E-state index in [0.717, 1.165) is 6.42 Å². The van der Waals surface area contributed by atoms with Gasteiger partial charge in [0.2, 0.25) is 0 Å². The number of hydrogen-bond acceptors (Lipinski definition) is 2. The normalized spacial score (nSPS) is 14.1. The molecule has 1 unspecified atom stereocenters. The summed E-state index contributed by atoms with van der Waals surface area (Å²) in [7, 11) is 0. The minimum Gasteiger partial charge on any atom is -0.443 e. The second-order valence-corrected chi connectivity index (χ2v) is 5.77. The maximum Gasteiger partial charge on any atom is 0.425 e. The Kier molecular flexibility index (Phi) is 6.61. The predicted molar refractivity (Wildman–Crippen MR) is 72.0 cm³/mol. The lowest BCUT2D eigenvalue weighted by atomic mass is 10.0. The van der Waals surface area contributed by atoms with Gasteiger partial charge in [-0.05, 0) is 40.0 Å². The molecule has 0 aromatic heterocycles. The Balaban J connectivity index is 4.60. The van der Waals surface area contributed by atoms with Gasteiger partial charge in [0.1, 0.15) is 5.60 Å². The molecule has 0 fully saturated rings. The zero-order chi connectivity index (χ0) is 13.6. The van der Waals surface area contributed by atoms with Crippen molar-refractivity contribution in [3.05, 3.63) is 12.2 Å². The molecule has 100 valence electrons. The van der Waals surface area contributed by atoms with Gasteiger partial charge in [-0.15, -0.1) is 0 Å². The van der Waals surface area contributed by atoms with Gasteiger partial charge in [-0.1, -0.05) is 26.0 Å². The quantitative estimate of drug-likeness (QED) is 0.556. The highest BCUT2D eigenvalue weighted by Gasteiger charge is 2.28. The van der Waals surface area contributed by atoms with E-state index < -0.39 is 11.7 Å². The van der Waals surface area contributed by atoms with E-state index in [9.17, 15) is 4.79 Å². The van der Waals surface area contributed by atoms with Crippen molar-refractivity contribution in [3.63, 3.8) is 0 Å². The summed E-state index contributed by atoms with van der Waals surface area (Å²) in [6.07, 6.45) is 4.21. The van der Waals surface area contributed by atoms with E-state index in [-0.39, 0.29) is 12.0 Å². The van der Waals surface area contributed by atoms with Gasteiger partial charge in [0, 0.05) is 11.8 Å². The molecule has 0 heterocycles. The first-order chi connectivity index (χ1) is 7.69. The van der Waals surface area contributed by atoms with Crippen LogP contribution < -0.4 is 0 Å². The molecule has 0 saturated carbocycles. The number of amides is 1. The molecule has 3 nitrogen and oxygen atoms in total. The summed E-state index contributed by atoms with van der Waals surface area (Å²) in [6.45, 7) is 11.5. The fourth-order valence-corrected chi connectivity index (χ4v) is 1.68. The minimum absolute atomic E-state index is 0.0530. The third-order valence-electron chi connectivity index (χ3n) is 2.24. The minimum atomic E-state index is -0.521. The number of hydrogen-bond donors (Lipinski definition) is 0. The van der Waals surface area contributed by atoms with Crippen LogP contribution >= 0.6 is 11.8 Å². The largest absolute Gasteiger partial charge is 0.443 e. The number of rotatable bonds is 4. The Morgan fingerprint density at radius 1 is 1.41 bits per heavy atom. The molecule has 17 heavy (non-hydrogen) atoms. The zero-order valence-electron chi connectivity index (χ0n) is 11.7. The van der Waals surface area contributed by atoms with Crippen LogP contribution in [-0.4, -0.2) is 22.2 Å². The summed E-state index contributed by atoms with van der Waals surface area (Å²) >= 11 is 6.06. The molecule has 0 spiro atoms. The first-order valence-corrected chi connectivity index (χ1v) is 6.32. The number of carbonyl (C=O) groups is 1. The first kappa shape index (κ1) is 16.3. The average Bonchev–Trinajstić information content (AvgIpc) is 2.14. The van der Waals surface area contributed by atoms with E-state index in [2.05, 4.69) is 0 Å². The smallest absolute Gasteiger partial charge is 0.425 e. The van der Waals surface area contributed by atoms with E-state index in [1.54, 1.807) is 0 Å². The van der Waals surface area contributed by atoms with Crippen LogP contribution in [0.3, 0.4) is 0 Å². The van der Waals surface area contributed by atoms with Gasteiger partial charge >= 0.3 is 6.09 Å². The SMILES string of the molecule is C/C=C\CC(C(C)C)N(Cl)C(=O)OC(C)(C)C. The van der Waals surface area contributed by atoms with Crippen molar-refractivity contribution in [2.24, 2.45) is 5.92 Å². The topological polar surface area (TPSA) is 29.5 Å². The summed E-state index contributed by atoms with van der Waals surface area (Å²) < 4.78 is 6.42. The van der Waals surface area contributed by atoms with Crippen LogP contribution in [0.25, 0.3) is 0 Å². The van der Waals surface area contributed by atoms with Crippen molar-refractivity contribution in [2.45, 2.75) is 59.6 Å². The van der Waals surface area contributed by atoms with Crippen molar-refractivity contribution in [2.75, 3.05) is 0 Å². The molecule has 0 radical (unpaired) electrons. The molecule has 0 bridgehead atoms. The lowest BCUT2D eigenvalue weighted by molar-refractivity contribution is 0.0312. The van der Waals surface area contributed by atoms with Crippen LogP contribution in [0.2, 0.25) is 0 Å². The van der Waals surface area contributed by atoms with Crippen LogP contribution in [0.1, 0.15) is 48.0 Å². The summed E-state index contributed by atoms with van der Waals surface area (Å²) in [5.41, 5.74) is -0.521. The molecule has 0 aliphatic rings. The third kappa shape index (κ3) is 6.57. The van der Waals surface area contributed by atoms with Gasteiger partial charge in [-0.25, -0.2) is 9.21 Å². The van der Waals surface area contributed by atoms with Crippen LogP contribution in [0.5, 0.6) is 0 Å². The van der Waals surface area contributed by atoms with Crippen LogP contribution in [-0.2, 0) is 4.74 Å². The van der Waals surface area contributed by atoms with Gasteiger partial charge in [0.15, 0.2) is 0 Å². The van der Waals surface area contributed by atoms with Crippen LogP contribution in [0.4, 0.5) is 4.79 Å². The third-order valence-corrected chi connectivity index (χ3v) is 2.63. The van der Waals surface area contributed by atoms with Crippen LogP contribution in [0, 0.1) is 5.92 Å². The van der Waals surface area contributed by atoms with Crippen molar-refractivity contribution >= 4 is 17.9 Å². The first-order valence-electron chi connectivity index (χ1n) is 5.98. The lowest BCUT2D eigenvalue weighted by Gasteiger charge is -2.30. The Bertz CT molecular complexity index is 269. The van der Waals surface area contributed by atoms with E-state index in [1.165, 1.54) is 4.42 Å². The highest BCUT2D eigenvalue weighted by atomic mass is 35.5. The Hall–Kier alpha value is -0.700. The second kappa shape index (κ2) is 6.90. The predicted octanol–water partition coefficient (Wildman–Crippen LogP) is 4.37. The summed E-state index contributed by atoms with van der Waals surface area (Å²) in [5.74, 6) is 0.274. The van der Waals surface area contributed by atoms with Crippen molar-refractivity contribution in [1.82, 2.24) is 4.42 Å². The van der Waals surface area contributed by atoms with Crippen molar-refractivity contribution < 1.29 is 9.53 Å². The number of nitrogens with zero attached hydrogens (tertiary/aromatic N) is 1. The van der Waals surface area contributed by atoms with E-state index in [0.29, 0.717) is 0 Å². The average molecular weight is 262 g/mol. The summed E-state index contributed by atoms with van der Waals surface area (Å²) in [6, 6.07) is -0.0530. The maximum absolute atomic E-state index is 11.8. The van der Waals surface area contributed by atoms with Gasteiger partial charge in [0.05, 0.1) is 6.04 Å². The number of allylic oxidation sites excluding steroid dienone is 1. The van der Waals surface area contributed by atoms with Crippen molar-refractivity contribution in [3.8, 4) is 0 Å². The number of ether oxygens (including phenoxy) is 1. The highest BCUT2D eigenvalue weighted by molar-refractivity contribution is 6.20. The van der Waals surface area contributed by atoms with E-state index in [1.807, 2.05) is 53.7 Å².